The summed E-state index contributed by atoms with van der Waals surface area (Å²) in [5.41, 5.74) is 0.663. The SMILES string of the molecule is O=C(CC1C(=O)Nc2ccccc2S1(=O)=O)Nc1cccc(Cl)c1. The molecule has 0 radical (unpaired) electrons. The van der Waals surface area contributed by atoms with Gasteiger partial charge in [0.1, 0.15) is 0 Å². The zero-order valence-electron chi connectivity index (χ0n) is 12.3. The Bertz CT molecular complexity index is 927. The van der Waals surface area contributed by atoms with Gasteiger partial charge in [0, 0.05) is 10.7 Å². The third-order valence-corrected chi connectivity index (χ3v) is 5.93. The lowest BCUT2D eigenvalue weighted by atomic mass is 10.2. The van der Waals surface area contributed by atoms with E-state index in [0.29, 0.717) is 10.7 Å². The minimum Gasteiger partial charge on any atom is -0.326 e. The Morgan fingerprint density at radius 1 is 1.17 bits per heavy atom. The number of carbonyl (C=O) groups excluding carboxylic acids is 2. The summed E-state index contributed by atoms with van der Waals surface area (Å²) < 4.78 is 25.2. The smallest absolute Gasteiger partial charge is 0.243 e. The number of sulfone groups is 1. The number of nitrogens with one attached hydrogen (secondary N) is 2. The minimum atomic E-state index is -3.93. The predicted molar refractivity (Wildman–Crippen MR) is 90.7 cm³/mol. The Morgan fingerprint density at radius 3 is 2.67 bits per heavy atom. The largest absolute Gasteiger partial charge is 0.326 e. The molecule has 8 heteroatoms. The molecule has 24 heavy (non-hydrogen) atoms. The van der Waals surface area contributed by atoms with Crippen molar-refractivity contribution in [1.82, 2.24) is 0 Å². The van der Waals surface area contributed by atoms with Gasteiger partial charge in [0.25, 0.3) is 0 Å². The number of hydrogen-bond donors (Lipinski definition) is 2. The molecule has 2 N–H and O–H groups in total. The van der Waals surface area contributed by atoms with Crippen LogP contribution >= 0.6 is 11.6 Å². The van der Waals surface area contributed by atoms with Crippen LogP contribution in [0.4, 0.5) is 11.4 Å². The Kier molecular flexibility index (Phi) is 4.29. The van der Waals surface area contributed by atoms with Crippen LogP contribution in [0.5, 0.6) is 0 Å². The number of hydrogen-bond acceptors (Lipinski definition) is 4. The molecule has 124 valence electrons. The van der Waals surface area contributed by atoms with Gasteiger partial charge in [-0.05, 0) is 30.3 Å². The lowest BCUT2D eigenvalue weighted by Gasteiger charge is -2.24. The number of anilines is 2. The van der Waals surface area contributed by atoms with Crippen molar-refractivity contribution in [3.8, 4) is 0 Å². The first kappa shape index (κ1) is 16.5. The topological polar surface area (TPSA) is 92.3 Å². The molecule has 6 nitrogen and oxygen atoms in total. The van der Waals surface area contributed by atoms with Gasteiger partial charge in [-0.2, -0.15) is 0 Å². The molecule has 2 aromatic rings. The van der Waals surface area contributed by atoms with E-state index in [9.17, 15) is 18.0 Å². The Labute approximate surface area is 143 Å². The lowest BCUT2D eigenvalue weighted by Crippen LogP contribution is -2.42. The normalized spacial score (nSPS) is 18.4. The molecule has 0 saturated carbocycles. The number of fused-ring (bicyclic) bond motifs is 1. The van der Waals surface area contributed by atoms with E-state index in [0.717, 1.165) is 0 Å². The van der Waals surface area contributed by atoms with Crippen LogP contribution in [0.2, 0.25) is 5.02 Å². The van der Waals surface area contributed by atoms with Crippen LogP contribution in [0.15, 0.2) is 53.4 Å². The summed E-state index contributed by atoms with van der Waals surface area (Å²) in [7, 11) is -3.93. The predicted octanol–water partition coefficient (Wildman–Crippen LogP) is 2.46. The van der Waals surface area contributed by atoms with Crippen molar-refractivity contribution in [2.24, 2.45) is 0 Å². The second-order valence-electron chi connectivity index (χ2n) is 5.28. The van der Waals surface area contributed by atoms with E-state index >= 15 is 0 Å². The molecule has 3 rings (SSSR count). The number of para-hydroxylation sites is 1. The zero-order chi connectivity index (χ0) is 17.3. The number of carbonyl (C=O) groups is 2. The fraction of sp³-hybridized carbons (Fsp3) is 0.125. The molecule has 0 aromatic heterocycles. The highest BCUT2D eigenvalue weighted by molar-refractivity contribution is 7.93. The molecule has 1 aliphatic rings. The average molecular weight is 365 g/mol. The van der Waals surface area contributed by atoms with Crippen LogP contribution in [0.25, 0.3) is 0 Å². The highest BCUT2D eigenvalue weighted by Gasteiger charge is 2.41. The summed E-state index contributed by atoms with van der Waals surface area (Å²) in [5, 5.41) is 4.04. The van der Waals surface area contributed by atoms with Crippen LogP contribution in [-0.4, -0.2) is 25.5 Å². The van der Waals surface area contributed by atoms with Gasteiger partial charge < -0.3 is 10.6 Å². The molecule has 1 heterocycles. The number of rotatable bonds is 3. The molecule has 1 aliphatic heterocycles. The second kappa shape index (κ2) is 6.26. The summed E-state index contributed by atoms with van der Waals surface area (Å²) in [5.74, 6) is -1.30. The molecular weight excluding hydrogens is 352 g/mol. The summed E-state index contributed by atoms with van der Waals surface area (Å²) in [6, 6.07) is 12.6. The maximum atomic E-state index is 12.6. The molecule has 0 aliphatic carbocycles. The number of amides is 2. The van der Waals surface area contributed by atoms with Crippen molar-refractivity contribution in [2.75, 3.05) is 10.6 Å². The van der Waals surface area contributed by atoms with E-state index in [4.69, 9.17) is 11.6 Å². The van der Waals surface area contributed by atoms with Gasteiger partial charge in [-0.15, -0.1) is 0 Å². The number of benzene rings is 2. The Morgan fingerprint density at radius 2 is 1.92 bits per heavy atom. The van der Waals surface area contributed by atoms with E-state index in [1.807, 2.05) is 0 Å². The van der Waals surface area contributed by atoms with Crippen LogP contribution in [0.1, 0.15) is 6.42 Å². The summed E-state index contributed by atoms with van der Waals surface area (Å²) >= 11 is 5.83. The van der Waals surface area contributed by atoms with Gasteiger partial charge in [-0.3, -0.25) is 9.59 Å². The van der Waals surface area contributed by atoms with Crippen molar-refractivity contribution >= 4 is 44.6 Å². The van der Waals surface area contributed by atoms with E-state index in [-0.39, 0.29) is 10.6 Å². The van der Waals surface area contributed by atoms with E-state index in [2.05, 4.69) is 10.6 Å². The van der Waals surface area contributed by atoms with Gasteiger partial charge in [0.15, 0.2) is 15.1 Å². The molecule has 0 bridgehead atoms. The van der Waals surface area contributed by atoms with Crippen LogP contribution < -0.4 is 10.6 Å². The third kappa shape index (κ3) is 3.13. The number of halogens is 1. The molecule has 0 saturated heterocycles. The van der Waals surface area contributed by atoms with Gasteiger partial charge >= 0.3 is 0 Å². The Balaban J connectivity index is 1.82. The monoisotopic (exact) mass is 364 g/mol. The maximum absolute atomic E-state index is 12.6. The fourth-order valence-corrected chi connectivity index (χ4v) is 4.38. The molecular formula is C16H13ClN2O4S. The second-order valence-corrected chi connectivity index (χ2v) is 7.82. The summed E-state index contributed by atoms with van der Waals surface area (Å²) in [4.78, 5) is 24.3. The average Bonchev–Trinajstić information content (AvgIpc) is 2.51. The van der Waals surface area contributed by atoms with E-state index in [1.54, 1.807) is 30.3 Å². The quantitative estimate of drug-likeness (QED) is 0.875. The summed E-state index contributed by atoms with van der Waals surface area (Å²) in [6.45, 7) is 0. The van der Waals surface area contributed by atoms with Gasteiger partial charge in [0.05, 0.1) is 17.0 Å². The molecule has 0 fully saturated rings. The molecule has 0 spiro atoms. The van der Waals surface area contributed by atoms with E-state index < -0.39 is 33.3 Å². The first-order valence-electron chi connectivity index (χ1n) is 7.07. The van der Waals surface area contributed by atoms with Crippen molar-refractivity contribution in [1.29, 1.82) is 0 Å². The first-order valence-corrected chi connectivity index (χ1v) is 8.99. The van der Waals surface area contributed by atoms with Crippen molar-refractivity contribution in [2.45, 2.75) is 16.6 Å². The first-order chi connectivity index (χ1) is 11.4. The summed E-state index contributed by atoms with van der Waals surface area (Å²) in [6.07, 6.45) is -0.477. The molecule has 2 amide bonds. The highest BCUT2D eigenvalue weighted by atomic mass is 35.5. The Hall–Kier alpha value is -2.38. The molecule has 1 unspecified atom stereocenters. The van der Waals surface area contributed by atoms with Crippen LogP contribution in [0.3, 0.4) is 0 Å². The van der Waals surface area contributed by atoms with Gasteiger partial charge in [-0.1, -0.05) is 29.8 Å². The van der Waals surface area contributed by atoms with Gasteiger partial charge in [-0.25, -0.2) is 8.42 Å². The maximum Gasteiger partial charge on any atom is 0.243 e. The van der Waals surface area contributed by atoms with E-state index in [1.165, 1.54) is 18.2 Å². The molecule has 2 aromatic carbocycles. The standard InChI is InChI=1S/C16H13ClN2O4S/c17-10-4-3-5-11(8-10)18-15(20)9-14-16(21)19-12-6-1-2-7-13(12)24(14,22)23/h1-8,14H,9H2,(H,18,20)(H,19,21). The van der Waals surface area contributed by atoms with Crippen molar-refractivity contribution in [3.63, 3.8) is 0 Å². The minimum absolute atomic E-state index is 0.0187. The molecule has 1 atom stereocenters. The zero-order valence-corrected chi connectivity index (χ0v) is 13.9. The van der Waals surface area contributed by atoms with Crippen LogP contribution in [0, 0.1) is 0 Å². The third-order valence-electron chi connectivity index (χ3n) is 3.60. The van der Waals surface area contributed by atoms with Crippen LogP contribution in [-0.2, 0) is 19.4 Å². The van der Waals surface area contributed by atoms with Crippen molar-refractivity contribution in [3.05, 3.63) is 53.6 Å². The van der Waals surface area contributed by atoms with Crippen molar-refractivity contribution < 1.29 is 18.0 Å². The fourth-order valence-electron chi connectivity index (χ4n) is 2.47. The lowest BCUT2D eigenvalue weighted by molar-refractivity contribution is -0.121. The highest BCUT2D eigenvalue weighted by Crippen LogP contribution is 2.31. The van der Waals surface area contributed by atoms with Gasteiger partial charge in [0.2, 0.25) is 11.8 Å².